The summed E-state index contributed by atoms with van der Waals surface area (Å²) < 4.78 is 37.8. The van der Waals surface area contributed by atoms with Crippen LogP contribution in [0, 0.1) is 6.92 Å². The van der Waals surface area contributed by atoms with E-state index in [0.717, 1.165) is 33.6 Å². The molecule has 0 fully saturated rings. The lowest BCUT2D eigenvalue weighted by atomic mass is 9.99. The number of pyridine rings is 1. The number of nitrogens with two attached hydrogens (primary N) is 2. The van der Waals surface area contributed by atoms with Gasteiger partial charge in [0.1, 0.15) is 17.3 Å². The van der Waals surface area contributed by atoms with Crippen LogP contribution in [0.2, 0.25) is 0 Å². The summed E-state index contributed by atoms with van der Waals surface area (Å²) in [6.45, 7) is 1.45. The molecule has 0 unspecified atom stereocenters. The molecule has 31 heavy (non-hydrogen) atoms. The van der Waals surface area contributed by atoms with Crippen LogP contribution in [-0.4, -0.2) is 59.6 Å². The maximum atomic E-state index is 9.63. The fourth-order valence-electron chi connectivity index (χ4n) is 2.85. The van der Waals surface area contributed by atoms with E-state index in [0.29, 0.717) is 17.9 Å². The normalized spacial score (nSPS) is 11.0. The Morgan fingerprint density at radius 1 is 1.10 bits per heavy atom. The molecule has 0 radical (unpaired) electrons. The maximum Gasteiger partial charge on any atom is 0.267 e. The van der Waals surface area contributed by atoms with Crippen LogP contribution in [0.25, 0.3) is 11.0 Å². The highest BCUT2D eigenvalue weighted by Crippen LogP contribution is 2.30. The summed E-state index contributed by atoms with van der Waals surface area (Å²) >= 11 is 0. The Bertz CT molecular complexity index is 1170. The highest BCUT2D eigenvalue weighted by molar-refractivity contribution is 7.85. The van der Waals surface area contributed by atoms with Crippen LogP contribution in [0.15, 0.2) is 24.4 Å². The van der Waals surface area contributed by atoms with Gasteiger partial charge in [0.15, 0.2) is 5.65 Å². The van der Waals surface area contributed by atoms with E-state index >= 15 is 0 Å². The molecule has 0 aliphatic rings. The summed E-state index contributed by atoms with van der Waals surface area (Å²) in [5, 5.41) is 8.59. The molecular weight excluding hydrogens is 426 g/mol. The molecule has 0 amide bonds. The molecule has 0 spiro atoms. The monoisotopic (exact) mass is 451 g/mol. The van der Waals surface area contributed by atoms with E-state index in [-0.39, 0.29) is 5.95 Å². The number of nitrogens with zero attached hydrogens (tertiary/aromatic N) is 3. The predicted molar refractivity (Wildman–Crippen MR) is 117 cm³/mol. The molecule has 2 aromatic heterocycles. The van der Waals surface area contributed by atoms with Crippen molar-refractivity contribution in [2.75, 3.05) is 38.0 Å². The van der Waals surface area contributed by atoms with Gasteiger partial charge in [-0.25, -0.2) is 4.98 Å². The van der Waals surface area contributed by atoms with Gasteiger partial charge in [-0.15, -0.1) is 0 Å². The molecule has 0 atom stereocenters. The van der Waals surface area contributed by atoms with E-state index in [1.165, 1.54) is 0 Å². The average molecular weight is 452 g/mol. The summed E-state index contributed by atoms with van der Waals surface area (Å²) in [5.41, 5.74) is 15.1. The lowest BCUT2D eigenvalue weighted by Gasteiger charge is -2.13. The van der Waals surface area contributed by atoms with Crippen LogP contribution < -0.4 is 20.9 Å². The van der Waals surface area contributed by atoms with Gasteiger partial charge < -0.3 is 26.0 Å². The summed E-state index contributed by atoms with van der Waals surface area (Å²) in [6.07, 6.45) is 2.40. The number of hydrogen-bond donors (Lipinski definition) is 4. The molecule has 0 saturated heterocycles. The highest BCUT2D eigenvalue weighted by Gasteiger charge is 2.14. The van der Waals surface area contributed by atoms with Gasteiger partial charge in [0, 0.05) is 18.2 Å². The van der Waals surface area contributed by atoms with E-state index in [1.807, 2.05) is 25.1 Å². The van der Waals surface area contributed by atoms with Crippen molar-refractivity contribution in [2.45, 2.75) is 13.3 Å². The first-order valence-electron chi connectivity index (χ1n) is 9.03. The average Bonchev–Trinajstić information content (AvgIpc) is 2.69. The summed E-state index contributed by atoms with van der Waals surface area (Å²) in [4.78, 5) is 12.5. The van der Waals surface area contributed by atoms with Gasteiger partial charge >= 0.3 is 0 Å². The summed E-state index contributed by atoms with van der Waals surface area (Å²) in [6, 6.07) is 5.70. The molecule has 11 nitrogen and oxygen atoms in total. The van der Waals surface area contributed by atoms with Gasteiger partial charge in [-0.2, -0.15) is 18.4 Å². The molecule has 12 heteroatoms. The maximum absolute atomic E-state index is 9.63. The van der Waals surface area contributed by atoms with Gasteiger partial charge in [-0.1, -0.05) is 0 Å². The third-order valence-corrected chi connectivity index (χ3v) is 5.05. The number of aliphatic hydroxyl groups is 1. The first kappa shape index (κ1) is 24.1. The van der Waals surface area contributed by atoms with E-state index in [9.17, 15) is 8.42 Å². The molecule has 1 aromatic carbocycles. The number of rotatable bonds is 6. The van der Waals surface area contributed by atoms with Crippen molar-refractivity contribution in [3.63, 3.8) is 0 Å². The third kappa shape index (κ3) is 6.38. The van der Waals surface area contributed by atoms with E-state index in [2.05, 4.69) is 15.0 Å². The lowest BCUT2D eigenvalue weighted by molar-refractivity contribution is 0.315. The zero-order valence-electron chi connectivity index (χ0n) is 17.4. The number of ether oxygens (including phenoxy) is 2. The number of aliphatic hydroxyl groups excluding tert-OH is 1. The van der Waals surface area contributed by atoms with Gasteiger partial charge in [-0.05, 0) is 36.2 Å². The van der Waals surface area contributed by atoms with Crippen LogP contribution >= 0.6 is 0 Å². The van der Waals surface area contributed by atoms with Crippen molar-refractivity contribution in [1.29, 1.82) is 0 Å². The number of benzene rings is 1. The second-order valence-corrected chi connectivity index (χ2v) is 8.01. The molecule has 168 valence electrons. The Balaban J connectivity index is 0.000000423. The molecule has 3 rings (SSSR count). The Hall–Kier alpha value is -3.22. The molecule has 0 saturated carbocycles. The molecular formula is C19H25N5O6S. The van der Waals surface area contributed by atoms with Crippen molar-refractivity contribution in [3.05, 3.63) is 41.1 Å². The Labute approximate surface area is 179 Å². The van der Waals surface area contributed by atoms with Crippen LogP contribution in [0.1, 0.15) is 16.7 Å². The number of aryl methyl sites for hydroxylation is 1. The first-order valence-corrected chi connectivity index (χ1v) is 10.6. The second-order valence-electron chi connectivity index (χ2n) is 6.44. The predicted octanol–water partition coefficient (Wildman–Crippen LogP) is 0.972. The van der Waals surface area contributed by atoms with Crippen molar-refractivity contribution < 1.29 is 27.6 Å². The summed E-state index contributed by atoms with van der Waals surface area (Å²) in [7, 11) is -0.644. The van der Waals surface area contributed by atoms with Gasteiger partial charge in [0.2, 0.25) is 5.95 Å². The minimum absolute atomic E-state index is 0.120. The number of aromatic nitrogens is 3. The van der Waals surface area contributed by atoms with E-state index in [1.54, 1.807) is 20.4 Å². The topological polar surface area (TPSA) is 184 Å². The molecule has 0 bridgehead atoms. The smallest absolute Gasteiger partial charge is 0.267 e. The van der Waals surface area contributed by atoms with Crippen LogP contribution in [-0.2, 0) is 16.5 Å². The third-order valence-electron chi connectivity index (χ3n) is 4.35. The Kier molecular flexibility index (Phi) is 7.91. The van der Waals surface area contributed by atoms with Crippen molar-refractivity contribution in [2.24, 2.45) is 0 Å². The van der Waals surface area contributed by atoms with Crippen molar-refractivity contribution in [1.82, 2.24) is 15.0 Å². The van der Waals surface area contributed by atoms with Gasteiger partial charge in [0.25, 0.3) is 10.1 Å². The highest BCUT2D eigenvalue weighted by atomic mass is 32.2. The minimum atomic E-state index is -3.92. The van der Waals surface area contributed by atoms with E-state index in [4.69, 9.17) is 30.6 Å². The number of hydrogen-bond acceptors (Lipinski definition) is 10. The number of nitrogen functional groups attached to an aromatic ring is 2. The molecule has 6 N–H and O–H groups in total. The van der Waals surface area contributed by atoms with Gasteiger partial charge in [-0.3, -0.25) is 4.55 Å². The zero-order chi connectivity index (χ0) is 23.2. The number of methoxy groups -OCH3 is 2. The minimum Gasteiger partial charge on any atom is -0.497 e. The Morgan fingerprint density at radius 3 is 2.35 bits per heavy atom. The fourth-order valence-corrected chi connectivity index (χ4v) is 3.08. The van der Waals surface area contributed by atoms with E-state index < -0.39 is 22.5 Å². The quantitative estimate of drug-likeness (QED) is 0.391. The number of fused-ring (bicyclic) bond motifs is 1. The van der Waals surface area contributed by atoms with Crippen LogP contribution in [0.3, 0.4) is 0 Å². The largest absolute Gasteiger partial charge is 0.497 e. The number of anilines is 2. The summed E-state index contributed by atoms with van der Waals surface area (Å²) in [5.74, 6) is 1.44. The SMILES string of the molecule is COc1ccc(OC)c(Cc2cnc3nc(N)nc(N)c3c2C)c1.O=S(=O)(O)CCO. The van der Waals surface area contributed by atoms with Crippen molar-refractivity contribution >= 4 is 32.9 Å². The van der Waals surface area contributed by atoms with Crippen molar-refractivity contribution in [3.8, 4) is 11.5 Å². The first-order chi connectivity index (χ1) is 14.6. The zero-order valence-corrected chi connectivity index (χ0v) is 18.2. The Morgan fingerprint density at radius 2 is 1.81 bits per heavy atom. The van der Waals surface area contributed by atoms with Crippen LogP contribution in [0.5, 0.6) is 11.5 Å². The second kappa shape index (κ2) is 10.2. The standard InChI is InChI=1S/C17H19N5O2.C2H6O4S/c1-9-11(6-10-7-12(23-2)4-5-13(10)24-3)8-20-16-14(9)15(18)21-17(19)22-16;3-1-2-7(4,5)6/h4-5,7-8H,6H2,1-3H3,(H4,18,19,20,21,22);3H,1-2H2,(H,4,5,6). The molecule has 0 aliphatic heterocycles. The van der Waals surface area contributed by atoms with Crippen LogP contribution in [0.4, 0.5) is 11.8 Å². The fraction of sp³-hybridized carbons (Fsp3) is 0.316. The lowest BCUT2D eigenvalue weighted by Crippen LogP contribution is -2.06. The molecule has 0 aliphatic carbocycles. The molecule has 3 aromatic rings. The van der Waals surface area contributed by atoms with Gasteiger partial charge in [0.05, 0.1) is 32.0 Å². The molecule has 2 heterocycles.